The lowest BCUT2D eigenvalue weighted by Gasteiger charge is -2.28. The van der Waals surface area contributed by atoms with Crippen LogP contribution in [0.15, 0.2) is 24.3 Å². The van der Waals surface area contributed by atoms with E-state index in [9.17, 15) is 4.79 Å². The molecule has 0 radical (unpaired) electrons. The van der Waals surface area contributed by atoms with Crippen molar-refractivity contribution in [2.24, 2.45) is 0 Å². The van der Waals surface area contributed by atoms with Crippen molar-refractivity contribution in [3.8, 4) is 5.75 Å². The summed E-state index contributed by atoms with van der Waals surface area (Å²) in [6.45, 7) is 7.19. The number of amides is 1. The number of benzene rings is 1. The second kappa shape index (κ2) is 8.46. The molecule has 0 aliphatic rings. The summed E-state index contributed by atoms with van der Waals surface area (Å²) in [4.78, 5) is 14.2. The highest BCUT2D eigenvalue weighted by atomic mass is 16.5. The van der Waals surface area contributed by atoms with Gasteiger partial charge in [-0.3, -0.25) is 4.79 Å². The summed E-state index contributed by atoms with van der Waals surface area (Å²) in [7, 11) is 0. The molecule has 0 saturated carbocycles. The standard InChI is InChI=1S/C16H26N2O2/c1-4-6-11-18(13(3)5-2)16(19)12-20-15-9-7-14(17)8-10-15/h7-10,13H,4-6,11-12,17H2,1-3H3. The Balaban J connectivity index is 2.54. The van der Waals surface area contributed by atoms with E-state index in [0.717, 1.165) is 25.8 Å². The number of carbonyl (C=O) groups excluding carboxylic acids is 1. The summed E-state index contributed by atoms with van der Waals surface area (Å²) in [5.41, 5.74) is 6.30. The molecule has 0 fully saturated rings. The molecule has 1 aromatic rings. The second-order valence-corrected chi connectivity index (χ2v) is 5.06. The highest BCUT2D eigenvalue weighted by Gasteiger charge is 2.18. The minimum absolute atomic E-state index is 0.0459. The van der Waals surface area contributed by atoms with E-state index in [1.54, 1.807) is 24.3 Å². The first-order valence-electron chi connectivity index (χ1n) is 7.36. The molecule has 112 valence electrons. The molecule has 4 nitrogen and oxygen atoms in total. The third-order valence-electron chi connectivity index (χ3n) is 3.44. The van der Waals surface area contributed by atoms with Gasteiger partial charge in [0.1, 0.15) is 5.75 Å². The number of nitrogen functional groups attached to an aromatic ring is 1. The van der Waals surface area contributed by atoms with Crippen molar-refractivity contribution in [2.75, 3.05) is 18.9 Å². The second-order valence-electron chi connectivity index (χ2n) is 5.06. The topological polar surface area (TPSA) is 55.6 Å². The van der Waals surface area contributed by atoms with E-state index in [1.807, 2.05) is 4.90 Å². The number of nitrogens with zero attached hydrogens (tertiary/aromatic N) is 1. The van der Waals surface area contributed by atoms with Crippen LogP contribution in [0.1, 0.15) is 40.0 Å². The highest BCUT2D eigenvalue weighted by Crippen LogP contribution is 2.14. The predicted octanol–water partition coefficient (Wildman–Crippen LogP) is 3.07. The molecular formula is C16H26N2O2. The summed E-state index contributed by atoms with van der Waals surface area (Å²) >= 11 is 0. The molecule has 0 saturated heterocycles. The summed E-state index contributed by atoms with van der Waals surface area (Å²) in [5.74, 6) is 0.719. The summed E-state index contributed by atoms with van der Waals surface area (Å²) in [5, 5.41) is 0. The van der Waals surface area contributed by atoms with Gasteiger partial charge in [-0.05, 0) is 44.0 Å². The van der Waals surface area contributed by atoms with E-state index in [4.69, 9.17) is 10.5 Å². The first kappa shape index (κ1) is 16.3. The van der Waals surface area contributed by atoms with Gasteiger partial charge in [0.05, 0.1) is 0 Å². The van der Waals surface area contributed by atoms with Crippen molar-refractivity contribution in [2.45, 2.75) is 46.1 Å². The SMILES string of the molecule is CCCCN(C(=O)COc1ccc(N)cc1)C(C)CC. The maximum absolute atomic E-state index is 12.3. The summed E-state index contributed by atoms with van der Waals surface area (Å²) in [6, 6.07) is 7.35. The summed E-state index contributed by atoms with van der Waals surface area (Å²) < 4.78 is 5.53. The van der Waals surface area contributed by atoms with Gasteiger partial charge in [-0.25, -0.2) is 0 Å². The van der Waals surface area contributed by atoms with Crippen molar-refractivity contribution < 1.29 is 9.53 Å². The van der Waals surface area contributed by atoms with Crippen LogP contribution >= 0.6 is 0 Å². The zero-order chi connectivity index (χ0) is 15.0. The Morgan fingerprint density at radius 2 is 1.95 bits per heavy atom. The Labute approximate surface area is 121 Å². The number of carbonyl (C=O) groups is 1. The Kier molecular flexibility index (Phi) is 6.91. The van der Waals surface area contributed by atoms with E-state index < -0.39 is 0 Å². The lowest BCUT2D eigenvalue weighted by molar-refractivity contribution is -0.135. The lowest BCUT2D eigenvalue weighted by atomic mass is 10.2. The van der Waals surface area contributed by atoms with Gasteiger partial charge in [0.2, 0.25) is 0 Å². The first-order chi connectivity index (χ1) is 9.58. The molecule has 2 N–H and O–H groups in total. The number of ether oxygens (including phenoxy) is 1. The number of hydrogen-bond acceptors (Lipinski definition) is 3. The molecule has 1 amide bonds. The third-order valence-corrected chi connectivity index (χ3v) is 3.44. The quantitative estimate of drug-likeness (QED) is 0.743. The van der Waals surface area contributed by atoms with Crippen LogP contribution in [-0.2, 0) is 4.79 Å². The van der Waals surface area contributed by atoms with Gasteiger partial charge in [-0.2, -0.15) is 0 Å². The van der Waals surface area contributed by atoms with Crippen LogP contribution in [0.4, 0.5) is 5.69 Å². The van der Waals surface area contributed by atoms with E-state index in [-0.39, 0.29) is 18.6 Å². The normalized spacial score (nSPS) is 11.9. The molecule has 20 heavy (non-hydrogen) atoms. The molecule has 1 rings (SSSR count). The number of anilines is 1. The van der Waals surface area contributed by atoms with E-state index >= 15 is 0 Å². The van der Waals surface area contributed by atoms with Crippen LogP contribution < -0.4 is 10.5 Å². The zero-order valence-corrected chi connectivity index (χ0v) is 12.8. The monoisotopic (exact) mass is 278 g/mol. The molecule has 0 heterocycles. The predicted molar refractivity (Wildman–Crippen MR) is 82.7 cm³/mol. The fourth-order valence-electron chi connectivity index (χ4n) is 1.93. The zero-order valence-electron chi connectivity index (χ0n) is 12.8. The van der Waals surface area contributed by atoms with Crippen LogP contribution in [0.5, 0.6) is 5.75 Å². The average molecular weight is 278 g/mol. The molecule has 0 aromatic heterocycles. The van der Waals surface area contributed by atoms with Crippen LogP contribution in [0, 0.1) is 0 Å². The van der Waals surface area contributed by atoms with Gasteiger partial charge in [-0.15, -0.1) is 0 Å². The van der Waals surface area contributed by atoms with Gasteiger partial charge < -0.3 is 15.4 Å². The van der Waals surface area contributed by atoms with Crippen LogP contribution in [0.2, 0.25) is 0 Å². The van der Waals surface area contributed by atoms with Crippen molar-refractivity contribution in [3.05, 3.63) is 24.3 Å². The Morgan fingerprint density at radius 3 is 2.50 bits per heavy atom. The lowest BCUT2D eigenvalue weighted by Crippen LogP contribution is -2.41. The van der Waals surface area contributed by atoms with Crippen LogP contribution in [-0.4, -0.2) is 30.0 Å². The van der Waals surface area contributed by atoms with Crippen molar-refractivity contribution in [1.29, 1.82) is 0 Å². The smallest absolute Gasteiger partial charge is 0.260 e. The Bertz CT molecular complexity index is 403. The molecule has 1 unspecified atom stereocenters. The first-order valence-corrected chi connectivity index (χ1v) is 7.36. The molecule has 4 heteroatoms. The number of hydrogen-bond donors (Lipinski definition) is 1. The Hall–Kier alpha value is -1.71. The summed E-state index contributed by atoms with van der Waals surface area (Å²) in [6.07, 6.45) is 3.06. The Morgan fingerprint density at radius 1 is 1.30 bits per heavy atom. The van der Waals surface area contributed by atoms with E-state index in [1.165, 1.54) is 0 Å². The molecule has 0 aliphatic carbocycles. The van der Waals surface area contributed by atoms with Crippen molar-refractivity contribution in [3.63, 3.8) is 0 Å². The minimum Gasteiger partial charge on any atom is -0.484 e. The molecule has 0 spiro atoms. The molecule has 1 aromatic carbocycles. The van der Waals surface area contributed by atoms with Gasteiger partial charge in [0.25, 0.3) is 5.91 Å². The van der Waals surface area contributed by atoms with Crippen molar-refractivity contribution in [1.82, 2.24) is 4.90 Å². The average Bonchev–Trinajstić information content (AvgIpc) is 2.46. The largest absolute Gasteiger partial charge is 0.484 e. The van der Waals surface area contributed by atoms with Gasteiger partial charge >= 0.3 is 0 Å². The van der Waals surface area contributed by atoms with Crippen molar-refractivity contribution >= 4 is 11.6 Å². The number of nitrogens with two attached hydrogens (primary N) is 1. The maximum atomic E-state index is 12.3. The number of unbranched alkanes of at least 4 members (excludes halogenated alkanes) is 1. The third kappa shape index (κ3) is 5.11. The van der Waals surface area contributed by atoms with Gasteiger partial charge in [-0.1, -0.05) is 20.3 Å². The van der Waals surface area contributed by atoms with Gasteiger partial charge in [0, 0.05) is 18.3 Å². The van der Waals surface area contributed by atoms with Crippen LogP contribution in [0.25, 0.3) is 0 Å². The fourth-order valence-corrected chi connectivity index (χ4v) is 1.93. The highest BCUT2D eigenvalue weighted by molar-refractivity contribution is 5.78. The number of rotatable bonds is 8. The molecular weight excluding hydrogens is 252 g/mol. The molecule has 0 bridgehead atoms. The maximum Gasteiger partial charge on any atom is 0.260 e. The fraction of sp³-hybridized carbons (Fsp3) is 0.562. The molecule has 1 atom stereocenters. The van der Waals surface area contributed by atoms with E-state index in [2.05, 4.69) is 20.8 Å². The minimum atomic E-state index is 0.0459. The van der Waals surface area contributed by atoms with Gasteiger partial charge in [0.15, 0.2) is 6.61 Å². The molecule has 0 aliphatic heterocycles. The van der Waals surface area contributed by atoms with Crippen LogP contribution in [0.3, 0.4) is 0 Å². The van der Waals surface area contributed by atoms with E-state index in [0.29, 0.717) is 11.4 Å².